The third-order valence-corrected chi connectivity index (χ3v) is 3.33. The maximum atomic E-state index is 11.7. The van der Waals surface area contributed by atoms with Gasteiger partial charge in [-0.15, -0.1) is 0 Å². The van der Waals surface area contributed by atoms with Gasteiger partial charge in [0.2, 0.25) is 0 Å². The molecule has 1 aliphatic carbocycles. The van der Waals surface area contributed by atoms with Crippen LogP contribution in [0.1, 0.15) is 32.6 Å². The van der Waals surface area contributed by atoms with Crippen molar-refractivity contribution < 1.29 is 14.6 Å². The second-order valence-corrected chi connectivity index (χ2v) is 4.97. The van der Waals surface area contributed by atoms with Crippen LogP contribution in [-0.2, 0) is 0 Å². The van der Waals surface area contributed by atoms with Crippen LogP contribution in [0.2, 0.25) is 0 Å². The van der Waals surface area contributed by atoms with Gasteiger partial charge in [-0.05, 0) is 30.9 Å². The van der Waals surface area contributed by atoms with Crippen LogP contribution in [0.25, 0.3) is 0 Å². The highest BCUT2D eigenvalue weighted by Crippen LogP contribution is 2.26. The van der Waals surface area contributed by atoms with Gasteiger partial charge < -0.3 is 15.2 Å². The molecule has 2 rings (SSSR count). The lowest BCUT2D eigenvalue weighted by Gasteiger charge is -2.27. The van der Waals surface area contributed by atoms with E-state index in [4.69, 9.17) is 4.74 Å². The molecule has 0 heterocycles. The van der Waals surface area contributed by atoms with E-state index in [2.05, 4.69) is 12.2 Å². The molecule has 18 heavy (non-hydrogen) atoms. The van der Waals surface area contributed by atoms with Gasteiger partial charge in [-0.1, -0.05) is 31.9 Å². The number of benzene rings is 1. The largest absolute Gasteiger partial charge is 0.504 e. The third kappa shape index (κ3) is 3.39. The number of carbonyl (C=O) groups excluding carboxylic acids is 1. The molecule has 98 valence electrons. The Morgan fingerprint density at radius 2 is 2.17 bits per heavy atom. The molecule has 0 spiro atoms. The normalized spacial score (nSPS) is 23.4. The highest BCUT2D eigenvalue weighted by atomic mass is 16.6. The van der Waals surface area contributed by atoms with Crippen LogP contribution in [-0.4, -0.2) is 17.2 Å². The Kier molecular flexibility index (Phi) is 4.07. The summed E-state index contributed by atoms with van der Waals surface area (Å²) in [5.41, 5.74) is 0. The van der Waals surface area contributed by atoms with Crippen molar-refractivity contribution in [3.8, 4) is 11.5 Å². The molecule has 1 aromatic carbocycles. The molecule has 0 bridgehead atoms. The number of phenolic OH excluding ortho intramolecular Hbond substituents is 1. The smallest absolute Gasteiger partial charge is 0.412 e. The van der Waals surface area contributed by atoms with E-state index < -0.39 is 6.09 Å². The summed E-state index contributed by atoms with van der Waals surface area (Å²) in [6.07, 6.45) is 3.88. The molecule has 2 atom stereocenters. The first-order chi connectivity index (χ1) is 8.65. The monoisotopic (exact) mass is 249 g/mol. The molecule has 1 fully saturated rings. The molecule has 1 amide bonds. The van der Waals surface area contributed by atoms with Gasteiger partial charge >= 0.3 is 6.09 Å². The van der Waals surface area contributed by atoms with E-state index in [1.807, 2.05) is 0 Å². The summed E-state index contributed by atoms with van der Waals surface area (Å²) in [6, 6.07) is 6.64. The number of phenols is 1. The zero-order valence-corrected chi connectivity index (χ0v) is 10.6. The number of aromatic hydroxyl groups is 1. The maximum Gasteiger partial charge on any atom is 0.412 e. The first kappa shape index (κ1) is 12.7. The summed E-state index contributed by atoms with van der Waals surface area (Å²) in [5.74, 6) is 0.817. The van der Waals surface area contributed by atoms with Gasteiger partial charge in [0, 0.05) is 6.04 Å². The highest BCUT2D eigenvalue weighted by Gasteiger charge is 2.21. The van der Waals surface area contributed by atoms with Crippen LogP contribution in [0.3, 0.4) is 0 Å². The van der Waals surface area contributed by atoms with Crippen LogP contribution >= 0.6 is 0 Å². The number of nitrogens with one attached hydrogen (secondary N) is 1. The first-order valence-electron chi connectivity index (χ1n) is 6.41. The average Bonchev–Trinajstić information content (AvgIpc) is 2.32. The topological polar surface area (TPSA) is 58.6 Å². The van der Waals surface area contributed by atoms with Crippen LogP contribution in [0.15, 0.2) is 24.3 Å². The van der Waals surface area contributed by atoms with Gasteiger partial charge in [0.1, 0.15) is 0 Å². The van der Waals surface area contributed by atoms with Gasteiger partial charge in [-0.2, -0.15) is 0 Å². The Labute approximate surface area is 107 Å². The predicted octanol–water partition coefficient (Wildman–Crippen LogP) is 3.06. The summed E-state index contributed by atoms with van der Waals surface area (Å²) in [4.78, 5) is 11.7. The molecule has 0 aromatic heterocycles. The third-order valence-electron chi connectivity index (χ3n) is 3.33. The molecule has 1 aliphatic rings. The van der Waals surface area contributed by atoms with Crippen LogP contribution < -0.4 is 10.1 Å². The van der Waals surface area contributed by atoms with Crippen molar-refractivity contribution in [3.63, 3.8) is 0 Å². The second kappa shape index (κ2) is 5.76. The lowest BCUT2D eigenvalue weighted by molar-refractivity contribution is 0.186. The number of carbonyl (C=O) groups is 1. The number of hydrogen-bond acceptors (Lipinski definition) is 3. The molecular weight excluding hydrogens is 230 g/mol. The van der Waals surface area contributed by atoms with E-state index in [1.54, 1.807) is 18.2 Å². The fourth-order valence-corrected chi connectivity index (χ4v) is 2.40. The Bertz CT molecular complexity index is 419. The molecule has 4 nitrogen and oxygen atoms in total. The zero-order valence-electron chi connectivity index (χ0n) is 10.6. The summed E-state index contributed by atoms with van der Waals surface area (Å²) in [7, 11) is 0. The number of amides is 1. The van der Waals surface area contributed by atoms with Gasteiger partial charge in [0.25, 0.3) is 0 Å². The molecule has 1 saturated carbocycles. The van der Waals surface area contributed by atoms with E-state index >= 15 is 0 Å². The molecule has 2 unspecified atom stereocenters. The van der Waals surface area contributed by atoms with E-state index in [0.717, 1.165) is 19.3 Å². The van der Waals surface area contributed by atoms with Crippen molar-refractivity contribution in [2.45, 2.75) is 38.6 Å². The Hall–Kier alpha value is -1.71. The van der Waals surface area contributed by atoms with Crippen LogP contribution in [0.4, 0.5) is 4.79 Å². The molecule has 0 aliphatic heterocycles. The van der Waals surface area contributed by atoms with Crippen molar-refractivity contribution in [1.29, 1.82) is 0 Å². The zero-order chi connectivity index (χ0) is 13.0. The standard InChI is InChI=1S/C14H19NO3/c1-10-5-4-6-11(9-10)15-14(17)18-13-8-3-2-7-12(13)16/h2-3,7-8,10-11,16H,4-6,9H2,1H3,(H,15,17). The fourth-order valence-electron chi connectivity index (χ4n) is 2.40. The van der Waals surface area contributed by atoms with Crippen molar-refractivity contribution in [3.05, 3.63) is 24.3 Å². The lowest BCUT2D eigenvalue weighted by Crippen LogP contribution is -2.39. The predicted molar refractivity (Wildman–Crippen MR) is 68.7 cm³/mol. The van der Waals surface area contributed by atoms with E-state index in [-0.39, 0.29) is 17.5 Å². The summed E-state index contributed by atoms with van der Waals surface area (Å²) >= 11 is 0. The Balaban J connectivity index is 1.87. The van der Waals surface area contributed by atoms with Crippen molar-refractivity contribution >= 4 is 6.09 Å². The molecule has 2 N–H and O–H groups in total. The number of para-hydroxylation sites is 2. The van der Waals surface area contributed by atoms with Gasteiger partial charge in [0.15, 0.2) is 11.5 Å². The minimum Gasteiger partial charge on any atom is -0.504 e. The quantitative estimate of drug-likeness (QED) is 0.846. The molecule has 0 saturated heterocycles. The average molecular weight is 249 g/mol. The summed E-state index contributed by atoms with van der Waals surface area (Å²) in [6.45, 7) is 2.20. The second-order valence-electron chi connectivity index (χ2n) is 4.97. The minimum absolute atomic E-state index is 0.0235. The number of ether oxygens (including phenoxy) is 1. The lowest BCUT2D eigenvalue weighted by atomic mass is 9.87. The first-order valence-corrected chi connectivity index (χ1v) is 6.41. The van der Waals surface area contributed by atoms with Crippen molar-refractivity contribution in [1.82, 2.24) is 5.32 Å². The highest BCUT2D eigenvalue weighted by molar-refractivity contribution is 5.71. The van der Waals surface area contributed by atoms with Gasteiger partial charge in [0.05, 0.1) is 0 Å². The SMILES string of the molecule is CC1CCCC(NC(=O)Oc2ccccc2O)C1. The Morgan fingerprint density at radius 1 is 1.39 bits per heavy atom. The molecular formula is C14H19NO3. The summed E-state index contributed by atoms with van der Waals surface area (Å²) in [5, 5.41) is 12.4. The fraction of sp³-hybridized carbons (Fsp3) is 0.500. The Morgan fingerprint density at radius 3 is 2.89 bits per heavy atom. The maximum absolute atomic E-state index is 11.7. The van der Waals surface area contributed by atoms with Gasteiger partial charge in [-0.3, -0.25) is 0 Å². The summed E-state index contributed by atoms with van der Waals surface area (Å²) < 4.78 is 5.08. The minimum atomic E-state index is -0.490. The van der Waals surface area contributed by atoms with Crippen LogP contribution in [0, 0.1) is 5.92 Å². The molecule has 0 radical (unpaired) electrons. The van der Waals surface area contributed by atoms with E-state index in [1.165, 1.54) is 12.5 Å². The van der Waals surface area contributed by atoms with Crippen molar-refractivity contribution in [2.24, 2.45) is 5.92 Å². The van der Waals surface area contributed by atoms with Crippen molar-refractivity contribution in [2.75, 3.05) is 0 Å². The van der Waals surface area contributed by atoms with E-state index in [0.29, 0.717) is 5.92 Å². The van der Waals surface area contributed by atoms with E-state index in [9.17, 15) is 9.90 Å². The van der Waals surface area contributed by atoms with Gasteiger partial charge in [-0.25, -0.2) is 4.79 Å². The van der Waals surface area contributed by atoms with Crippen LogP contribution in [0.5, 0.6) is 11.5 Å². The molecule has 4 heteroatoms. The number of hydrogen-bond donors (Lipinski definition) is 2. The molecule has 1 aromatic rings. The number of rotatable bonds is 2.